The molecule has 0 aliphatic rings. The molecule has 0 aromatic heterocycles. The third-order valence-electron chi connectivity index (χ3n) is 2.71. The molecule has 0 saturated heterocycles. The third kappa shape index (κ3) is 10.2. The molecule has 0 aliphatic carbocycles. The van der Waals surface area contributed by atoms with E-state index in [2.05, 4.69) is 6.92 Å². The standard InChI is InChI=1S/C6H12.2C2H4Cl.2Al.2H/c1-3-5-6-4-2;2*1-2-3;;;;/h1H,3-6H2,2H3;2*1-2H2;;;;. The summed E-state index contributed by atoms with van der Waals surface area (Å²) in [6, 6.07) is 0. The lowest BCUT2D eigenvalue weighted by Gasteiger charge is -2.12. The molecule has 0 aromatic rings. The van der Waals surface area contributed by atoms with Crippen molar-refractivity contribution in [1.29, 1.82) is 0 Å². The van der Waals surface area contributed by atoms with Crippen molar-refractivity contribution in [2.45, 2.75) is 46.8 Å². The zero-order valence-electron chi connectivity index (χ0n) is 9.40. The molecular formula is C10H22Al2Cl2. The summed E-state index contributed by atoms with van der Waals surface area (Å²) in [6.07, 6.45) is 5.72. The van der Waals surface area contributed by atoms with Crippen LogP contribution in [0.4, 0.5) is 0 Å². The maximum Gasteiger partial charge on any atom is 0.227 e. The Bertz CT molecular complexity index is 104. The zero-order chi connectivity index (χ0) is 10.6. The summed E-state index contributed by atoms with van der Waals surface area (Å²) in [5.41, 5.74) is 0. The monoisotopic (exact) mass is 266 g/mol. The van der Waals surface area contributed by atoms with Crippen molar-refractivity contribution in [3.05, 3.63) is 0 Å². The number of rotatable bonds is 10. The van der Waals surface area contributed by atoms with Gasteiger partial charge in [-0.2, -0.15) is 0 Å². The Morgan fingerprint density at radius 1 is 1.00 bits per heavy atom. The Morgan fingerprint density at radius 2 is 1.57 bits per heavy atom. The van der Waals surface area contributed by atoms with Gasteiger partial charge in [0.25, 0.3) is 0 Å². The number of hydrogen-bond acceptors (Lipinski definition) is 0. The maximum atomic E-state index is 5.77. The second-order valence-corrected chi connectivity index (χ2v) is 10.8. The van der Waals surface area contributed by atoms with E-state index in [1.165, 1.54) is 36.2 Å². The topological polar surface area (TPSA) is 0 Å². The van der Waals surface area contributed by atoms with Crippen molar-refractivity contribution in [3.8, 4) is 0 Å². The van der Waals surface area contributed by atoms with E-state index in [-0.39, 0.29) is 30.4 Å². The van der Waals surface area contributed by atoms with E-state index in [0.29, 0.717) is 0 Å². The summed E-state index contributed by atoms with van der Waals surface area (Å²) in [5.74, 6) is 1.79. The molecule has 0 aromatic carbocycles. The van der Waals surface area contributed by atoms with Crippen LogP contribution >= 0.6 is 23.2 Å². The van der Waals surface area contributed by atoms with E-state index < -0.39 is 0 Å². The van der Waals surface area contributed by atoms with Crippen molar-refractivity contribution >= 4 is 53.6 Å². The van der Waals surface area contributed by atoms with E-state index >= 15 is 0 Å². The Labute approximate surface area is 112 Å². The Morgan fingerprint density at radius 3 is 2.00 bits per heavy atom. The van der Waals surface area contributed by atoms with Gasteiger partial charge in [-0.05, 0) is 0 Å². The first kappa shape index (κ1) is 15.6. The summed E-state index contributed by atoms with van der Waals surface area (Å²) in [5, 5.41) is 2.68. The fourth-order valence-electron chi connectivity index (χ4n) is 1.85. The molecule has 0 rings (SSSR count). The lowest BCUT2D eigenvalue weighted by molar-refractivity contribution is 0.684. The van der Waals surface area contributed by atoms with E-state index in [0.717, 1.165) is 15.4 Å². The van der Waals surface area contributed by atoms with E-state index in [1.807, 2.05) is 0 Å². The van der Waals surface area contributed by atoms with Crippen LogP contribution < -0.4 is 0 Å². The molecule has 0 N–H and O–H groups in total. The summed E-state index contributed by atoms with van der Waals surface area (Å²) < 4.78 is 1.15. The first-order valence-corrected chi connectivity index (χ1v) is 10.7. The minimum atomic E-state index is 0.148. The average Bonchev–Trinajstić information content (AvgIpc) is 2.21. The lowest BCUT2D eigenvalue weighted by atomic mass is 10.2. The quantitative estimate of drug-likeness (QED) is 0.323. The van der Waals surface area contributed by atoms with Crippen LogP contribution in [0.5, 0.6) is 0 Å². The van der Waals surface area contributed by atoms with Crippen LogP contribution in [-0.4, -0.2) is 42.2 Å². The second-order valence-electron chi connectivity index (χ2n) is 4.02. The van der Waals surface area contributed by atoms with E-state index in [9.17, 15) is 0 Å². The van der Waals surface area contributed by atoms with Gasteiger partial charge in [0.05, 0.1) is 0 Å². The van der Waals surface area contributed by atoms with Gasteiger partial charge in [0.2, 0.25) is 30.4 Å². The van der Waals surface area contributed by atoms with Crippen LogP contribution in [0.15, 0.2) is 0 Å². The molecule has 0 fully saturated rings. The van der Waals surface area contributed by atoms with Gasteiger partial charge in [0.1, 0.15) is 0 Å². The highest BCUT2D eigenvalue weighted by atomic mass is 35.5. The van der Waals surface area contributed by atoms with Crippen molar-refractivity contribution in [2.24, 2.45) is 0 Å². The smallest absolute Gasteiger partial charge is 0.129 e. The van der Waals surface area contributed by atoms with E-state index in [1.54, 1.807) is 0 Å². The fourth-order valence-corrected chi connectivity index (χ4v) is 8.28. The van der Waals surface area contributed by atoms with Crippen molar-refractivity contribution in [2.75, 3.05) is 11.8 Å². The fraction of sp³-hybridized carbons (Fsp3) is 1.00. The molecule has 82 valence electrons. The van der Waals surface area contributed by atoms with Gasteiger partial charge in [-0.1, -0.05) is 43.2 Å². The molecule has 0 aliphatic heterocycles. The lowest BCUT2D eigenvalue weighted by Crippen LogP contribution is -2.12. The van der Waals surface area contributed by atoms with Crippen LogP contribution in [0, 0.1) is 0 Å². The summed E-state index contributed by atoms with van der Waals surface area (Å²) >= 11 is 11.8. The minimum Gasteiger partial charge on any atom is -0.129 e. The molecule has 4 heteroatoms. The van der Waals surface area contributed by atoms with Gasteiger partial charge in [-0.15, -0.1) is 26.8 Å². The number of unbranched alkanes of at least 4 members (excludes halogenated alkanes) is 2. The van der Waals surface area contributed by atoms with E-state index in [4.69, 9.17) is 23.2 Å². The molecule has 0 saturated carbocycles. The molecule has 0 atom stereocenters. The molecular weight excluding hydrogens is 245 g/mol. The third-order valence-corrected chi connectivity index (χ3v) is 10.6. The van der Waals surface area contributed by atoms with Gasteiger partial charge in [0.15, 0.2) is 0 Å². The summed E-state index contributed by atoms with van der Waals surface area (Å²) in [4.78, 5) is 0. The first-order valence-electron chi connectivity index (χ1n) is 5.97. The SMILES string of the molecule is CCCCC[CH]([AlH][CH2]CCl)[AlH][CH2]CCl. The first-order chi connectivity index (χ1) is 6.85. The van der Waals surface area contributed by atoms with Crippen LogP contribution in [0.25, 0.3) is 0 Å². The van der Waals surface area contributed by atoms with Gasteiger partial charge < -0.3 is 0 Å². The van der Waals surface area contributed by atoms with Gasteiger partial charge >= 0.3 is 0 Å². The Balaban J connectivity index is 3.49. The minimum absolute atomic E-state index is 0.148. The maximum absolute atomic E-state index is 5.77. The molecule has 0 nitrogen and oxygen atoms in total. The van der Waals surface area contributed by atoms with Crippen LogP contribution in [0.2, 0.25) is 14.2 Å². The molecule has 0 heterocycles. The van der Waals surface area contributed by atoms with Crippen molar-refractivity contribution < 1.29 is 0 Å². The highest BCUT2D eigenvalue weighted by Crippen LogP contribution is 2.16. The summed E-state index contributed by atoms with van der Waals surface area (Å²) in [7, 11) is 0. The predicted octanol–water partition coefficient (Wildman–Crippen LogP) is 3.50. The number of halogens is 2. The number of hydrogen-bond donors (Lipinski definition) is 0. The summed E-state index contributed by atoms with van der Waals surface area (Å²) in [6.45, 7) is 2.28. The molecule has 0 radical (unpaired) electrons. The highest BCUT2D eigenvalue weighted by molar-refractivity contribution is 6.59. The molecule has 0 amide bonds. The average molecular weight is 267 g/mol. The zero-order valence-corrected chi connectivity index (χ0v) is 13.7. The molecule has 0 bridgehead atoms. The van der Waals surface area contributed by atoms with Gasteiger partial charge in [-0.3, -0.25) is 0 Å². The molecule has 0 unspecified atom stereocenters. The second kappa shape index (κ2) is 12.7. The van der Waals surface area contributed by atoms with Crippen LogP contribution in [-0.2, 0) is 0 Å². The normalized spacial score (nSPS) is 10.6. The van der Waals surface area contributed by atoms with Crippen LogP contribution in [0.1, 0.15) is 32.6 Å². The Kier molecular flexibility index (Phi) is 14.2. The van der Waals surface area contributed by atoms with Gasteiger partial charge in [-0.25, -0.2) is 0 Å². The Hall–Kier alpha value is 1.64. The largest absolute Gasteiger partial charge is 0.227 e. The molecule has 0 spiro atoms. The number of alkyl halides is 2. The van der Waals surface area contributed by atoms with Gasteiger partial charge in [0, 0.05) is 11.8 Å². The predicted molar refractivity (Wildman–Crippen MR) is 73.2 cm³/mol. The highest BCUT2D eigenvalue weighted by Gasteiger charge is 2.12. The van der Waals surface area contributed by atoms with Crippen molar-refractivity contribution in [1.82, 2.24) is 0 Å². The van der Waals surface area contributed by atoms with Crippen molar-refractivity contribution in [3.63, 3.8) is 0 Å². The molecule has 14 heavy (non-hydrogen) atoms. The van der Waals surface area contributed by atoms with Crippen LogP contribution in [0.3, 0.4) is 0 Å².